The molecular formula is C32H46O7. The Morgan fingerprint density at radius 1 is 1.13 bits per heavy atom. The number of Topliss-reactive ketones (excluding diaryl/α,β-unsaturated/α-hetero) is 1. The van der Waals surface area contributed by atoms with E-state index in [1.54, 1.807) is 0 Å². The number of fused-ring (bicyclic) bond motifs is 4. The molecule has 3 fully saturated rings. The van der Waals surface area contributed by atoms with Crippen LogP contribution in [-0.2, 0) is 33.3 Å². The van der Waals surface area contributed by atoms with Gasteiger partial charge in [-0.2, -0.15) is 0 Å². The average molecular weight is 543 g/mol. The highest BCUT2D eigenvalue weighted by Crippen LogP contribution is 2.73. The molecule has 216 valence electrons. The van der Waals surface area contributed by atoms with Crippen molar-refractivity contribution in [2.24, 2.45) is 28.1 Å². The van der Waals surface area contributed by atoms with Crippen molar-refractivity contribution in [2.45, 2.75) is 117 Å². The van der Waals surface area contributed by atoms with E-state index in [9.17, 15) is 14.4 Å². The van der Waals surface area contributed by atoms with Gasteiger partial charge >= 0.3 is 11.9 Å². The van der Waals surface area contributed by atoms with Gasteiger partial charge in [0.25, 0.3) is 0 Å². The molecule has 0 aromatic rings. The molecule has 7 nitrogen and oxygen atoms in total. The number of carbonyl (C=O) groups excluding carboxylic acids is 3. The van der Waals surface area contributed by atoms with Gasteiger partial charge in [-0.15, -0.1) is 0 Å². The first-order valence-electron chi connectivity index (χ1n) is 14.7. The fraction of sp³-hybridized carbons (Fsp3) is 0.781. The summed E-state index contributed by atoms with van der Waals surface area (Å²) in [5, 5.41) is 0. The number of methoxy groups -OCH3 is 1. The van der Waals surface area contributed by atoms with Crippen LogP contribution >= 0.6 is 0 Å². The fourth-order valence-corrected chi connectivity index (χ4v) is 9.71. The lowest BCUT2D eigenvalue weighted by molar-refractivity contribution is -0.242. The summed E-state index contributed by atoms with van der Waals surface area (Å²) in [6, 6.07) is 0. The predicted octanol–water partition coefficient (Wildman–Crippen LogP) is 5.85. The van der Waals surface area contributed by atoms with E-state index in [1.807, 2.05) is 6.92 Å². The van der Waals surface area contributed by atoms with E-state index in [4.69, 9.17) is 18.9 Å². The summed E-state index contributed by atoms with van der Waals surface area (Å²) in [6.07, 6.45) is 5.41. The number of carbonyl (C=O) groups is 3. The zero-order valence-electron chi connectivity index (χ0n) is 24.9. The summed E-state index contributed by atoms with van der Waals surface area (Å²) >= 11 is 0. The number of rotatable bonds is 6. The van der Waals surface area contributed by atoms with Crippen LogP contribution in [0.1, 0.15) is 99.3 Å². The molecule has 2 aliphatic heterocycles. The third kappa shape index (κ3) is 3.93. The number of hydrogen-bond acceptors (Lipinski definition) is 7. The molecule has 0 radical (unpaired) electrons. The topological polar surface area (TPSA) is 88.1 Å². The molecule has 1 saturated carbocycles. The van der Waals surface area contributed by atoms with Crippen LogP contribution in [0.2, 0.25) is 0 Å². The van der Waals surface area contributed by atoms with E-state index in [0.717, 1.165) is 48.8 Å². The van der Waals surface area contributed by atoms with E-state index < -0.39 is 28.1 Å². The first-order valence-corrected chi connectivity index (χ1v) is 14.7. The molecule has 5 rings (SSSR count). The SMILES string of the molecule is C=C(C)[C@@H]1C[C@H](OC(C)=O)C2=C(C(=O)C[C@]34CO[C@@]5(CC)CC[C@](C)(O5)[C@H]3CC[C@@]24C)[C@@]1(C)CCC(=O)OC. The normalized spacial score (nSPS) is 44.7. The van der Waals surface area contributed by atoms with Crippen LogP contribution in [0.15, 0.2) is 23.3 Å². The third-order valence-corrected chi connectivity index (χ3v) is 11.7. The Bertz CT molecular complexity index is 1140. The van der Waals surface area contributed by atoms with Crippen LogP contribution in [0.3, 0.4) is 0 Å². The van der Waals surface area contributed by atoms with E-state index in [0.29, 0.717) is 25.9 Å². The van der Waals surface area contributed by atoms with Crippen molar-refractivity contribution in [3.05, 3.63) is 23.3 Å². The highest BCUT2D eigenvalue weighted by molar-refractivity contribution is 6.00. The van der Waals surface area contributed by atoms with Gasteiger partial charge in [0, 0.05) is 48.0 Å². The maximum Gasteiger partial charge on any atom is 0.305 e. The Morgan fingerprint density at radius 3 is 2.46 bits per heavy atom. The van der Waals surface area contributed by atoms with Gasteiger partial charge in [0.1, 0.15) is 6.10 Å². The second-order valence-electron chi connectivity index (χ2n) is 13.7. The Morgan fingerprint density at radius 2 is 1.85 bits per heavy atom. The van der Waals surface area contributed by atoms with Gasteiger partial charge in [0.2, 0.25) is 0 Å². The Labute approximate surface area is 233 Å². The minimum Gasteiger partial charge on any atom is -0.469 e. The molecule has 5 aliphatic rings. The molecule has 1 spiro atoms. The van der Waals surface area contributed by atoms with E-state index in [1.165, 1.54) is 14.0 Å². The Balaban J connectivity index is 1.71. The van der Waals surface area contributed by atoms with Crippen LogP contribution in [0.25, 0.3) is 0 Å². The largest absolute Gasteiger partial charge is 0.469 e. The molecule has 7 heteroatoms. The monoisotopic (exact) mass is 542 g/mol. The quantitative estimate of drug-likeness (QED) is 0.307. The lowest BCUT2D eigenvalue weighted by Crippen LogP contribution is -2.59. The van der Waals surface area contributed by atoms with Gasteiger partial charge in [-0.25, -0.2) is 0 Å². The molecule has 0 aromatic carbocycles. The van der Waals surface area contributed by atoms with Gasteiger partial charge in [-0.1, -0.05) is 32.9 Å². The number of ether oxygens (including phenoxy) is 4. The molecule has 0 N–H and O–H groups in total. The summed E-state index contributed by atoms with van der Waals surface area (Å²) in [7, 11) is 1.39. The molecule has 2 bridgehead atoms. The van der Waals surface area contributed by atoms with E-state index in [2.05, 4.69) is 34.3 Å². The standard InChI is InChI=1S/C32H46O7/c1-9-32-15-14-30(7,39-32)24-10-13-29(6)27-23(38-20(4)33)16-21(19(2)3)28(5,12-11-25(35)36-8)26(27)22(34)17-31(24,29)18-37-32/h21,23-24H,2,9-18H2,1,3-8H3/t21-,23-,24+,28-,29-,30-,31-,32+/m0/s1. The third-order valence-electron chi connectivity index (χ3n) is 11.7. The van der Waals surface area contributed by atoms with Crippen molar-refractivity contribution in [3.8, 4) is 0 Å². The zero-order chi connectivity index (χ0) is 28.6. The Kier molecular flexibility index (Phi) is 6.78. The summed E-state index contributed by atoms with van der Waals surface area (Å²) in [5.41, 5.74) is 0.763. The van der Waals surface area contributed by atoms with Crippen molar-refractivity contribution in [3.63, 3.8) is 0 Å². The first-order chi connectivity index (χ1) is 18.2. The number of hydrogen-bond donors (Lipinski definition) is 0. The smallest absolute Gasteiger partial charge is 0.305 e. The van der Waals surface area contributed by atoms with Gasteiger partial charge in [-0.05, 0) is 69.8 Å². The highest BCUT2D eigenvalue weighted by Gasteiger charge is 2.73. The summed E-state index contributed by atoms with van der Waals surface area (Å²) in [5.74, 6) is -1.13. The van der Waals surface area contributed by atoms with Crippen LogP contribution in [0, 0.1) is 28.1 Å². The average Bonchev–Trinajstić information content (AvgIpc) is 3.34. The van der Waals surface area contributed by atoms with Gasteiger partial charge in [0.15, 0.2) is 11.6 Å². The fourth-order valence-electron chi connectivity index (χ4n) is 9.71. The maximum absolute atomic E-state index is 14.6. The van der Waals surface area contributed by atoms with Crippen LogP contribution in [0.4, 0.5) is 0 Å². The Hall–Kier alpha value is -1.99. The van der Waals surface area contributed by atoms with Crippen LogP contribution < -0.4 is 0 Å². The number of ketones is 1. The van der Waals surface area contributed by atoms with Gasteiger partial charge in [-0.3, -0.25) is 14.4 Å². The molecule has 0 unspecified atom stereocenters. The second-order valence-corrected chi connectivity index (χ2v) is 13.7. The highest BCUT2D eigenvalue weighted by atomic mass is 16.7. The summed E-state index contributed by atoms with van der Waals surface area (Å²) in [6.45, 7) is 16.8. The lowest BCUT2D eigenvalue weighted by Gasteiger charge is -2.59. The second kappa shape index (κ2) is 9.27. The number of esters is 2. The molecule has 0 amide bonds. The minimum atomic E-state index is -0.624. The molecule has 8 atom stereocenters. The van der Waals surface area contributed by atoms with Gasteiger partial charge in [0.05, 0.1) is 19.3 Å². The molecular weight excluding hydrogens is 496 g/mol. The van der Waals surface area contributed by atoms with Crippen molar-refractivity contribution < 1.29 is 33.3 Å². The molecule has 39 heavy (non-hydrogen) atoms. The van der Waals surface area contributed by atoms with Crippen molar-refractivity contribution >= 4 is 17.7 Å². The molecule has 2 saturated heterocycles. The maximum atomic E-state index is 14.6. The molecule has 0 aromatic heterocycles. The summed E-state index contributed by atoms with van der Waals surface area (Å²) < 4.78 is 24.6. The van der Waals surface area contributed by atoms with Crippen LogP contribution in [-0.4, -0.2) is 48.9 Å². The van der Waals surface area contributed by atoms with E-state index in [-0.39, 0.29) is 41.6 Å². The minimum absolute atomic E-state index is 0.0837. The van der Waals surface area contributed by atoms with Crippen LogP contribution in [0.5, 0.6) is 0 Å². The van der Waals surface area contributed by atoms with E-state index >= 15 is 0 Å². The first kappa shape index (κ1) is 28.5. The van der Waals surface area contributed by atoms with Crippen molar-refractivity contribution in [1.82, 2.24) is 0 Å². The number of allylic oxidation sites excluding steroid dienone is 2. The molecule has 2 heterocycles. The molecule has 3 aliphatic carbocycles. The summed E-state index contributed by atoms with van der Waals surface area (Å²) in [4.78, 5) is 39.4. The van der Waals surface area contributed by atoms with Crippen molar-refractivity contribution in [1.29, 1.82) is 0 Å². The lowest BCUT2D eigenvalue weighted by atomic mass is 9.45. The predicted molar refractivity (Wildman–Crippen MR) is 145 cm³/mol. The zero-order valence-corrected chi connectivity index (χ0v) is 24.9. The van der Waals surface area contributed by atoms with Crippen molar-refractivity contribution in [2.75, 3.05) is 13.7 Å². The van der Waals surface area contributed by atoms with Gasteiger partial charge < -0.3 is 18.9 Å².